The minimum Gasteiger partial charge on any atom is -0.396 e. The normalized spacial score (nSPS) is 11.9. The molecule has 0 bridgehead atoms. The molecular formula is C27H55NO2. The number of nitrogens with one attached hydrogen (secondary N) is 1. The molecule has 0 saturated heterocycles. The van der Waals surface area contributed by atoms with Gasteiger partial charge in [0.15, 0.2) is 0 Å². The lowest BCUT2D eigenvalue weighted by atomic mass is 10.1. The van der Waals surface area contributed by atoms with E-state index in [0.717, 1.165) is 19.4 Å². The third-order valence-corrected chi connectivity index (χ3v) is 6.08. The van der Waals surface area contributed by atoms with Crippen LogP contribution in [0.1, 0.15) is 135 Å². The van der Waals surface area contributed by atoms with Crippen LogP contribution in [0.2, 0.25) is 0 Å². The van der Waals surface area contributed by atoms with Crippen LogP contribution in [0.4, 0.5) is 0 Å². The number of rotatable bonds is 25. The van der Waals surface area contributed by atoms with Gasteiger partial charge in [-0.1, -0.05) is 103 Å². The molecule has 3 nitrogen and oxygen atoms in total. The van der Waals surface area contributed by atoms with Crippen LogP contribution < -0.4 is 5.32 Å². The Kier molecular flexibility index (Phi) is 26.3. The average Bonchev–Trinajstić information content (AvgIpc) is 2.75. The van der Waals surface area contributed by atoms with Gasteiger partial charge in [-0.05, 0) is 51.5 Å². The van der Waals surface area contributed by atoms with Crippen molar-refractivity contribution >= 4 is 0 Å². The zero-order valence-corrected chi connectivity index (χ0v) is 20.4. The first kappa shape index (κ1) is 29.6. The first-order chi connectivity index (χ1) is 14.8. The quantitative estimate of drug-likeness (QED) is 0.106. The third-order valence-electron chi connectivity index (χ3n) is 6.08. The summed E-state index contributed by atoms with van der Waals surface area (Å²) in [7, 11) is 0. The summed E-state index contributed by atoms with van der Waals surface area (Å²) >= 11 is 0. The lowest BCUT2D eigenvalue weighted by Crippen LogP contribution is -2.31. The molecule has 0 atom stereocenters. The first-order valence-corrected chi connectivity index (χ1v) is 13.4. The maximum absolute atomic E-state index is 9.01. The smallest absolute Gasteiger partial charge is 0.0445 e. The SMILES string of the molecule is CCCCCCCCC=CCCCCCCCCCCCCNC(CCO)CCO. The van der Waals surface area contributed by atoms with E-state index in [-0.39, 0.29) is 19.3 Å². The Balaban J connectivity index is 3.18. The molecule has 0 spiro atoms. The monoisotopic (exact) mass is 425 g/mol. The number of hydrogen-bond acceptors (Lipinski definition) is 3. The van der Waals surface area contributed by atoms with Gasteiger partial charge in [0.1, 0.15) is 0 Å². The second-order valence-electron chi connectivity index (χ2n) is 9.03. The molecule has 30 heavy (non-hydrogen) atoms. The van der Waals surface area contributed by atoms with E-state index < -0.39 is 0 Å². The fourth-order valence-corrected chi connectivity index (χ4v) is 4.05. The van der Waals surface area contributed by atoms with E-state index in [1.54, 1.807) is 0 Å². The molecule has 0 radical (unpaired) electrons. The van der Waals surface area contributed by atoms with E-state index in [4.69, 9.17) is 10.2 Å². The third kappa shape index (κ3) is 23.9. The average molecular weight is 426 g/mol. The number of aliphatic hydroxyl groups is 2. The largest absolute Gasteiger partial charge is 0.396 e. The zero-order valence-electron chi connectivity index (χ0n) is 20.4. The van der Waals surface area contributed by atoms with Crippen LogP contribution in [-0.4, -0.2) is 36.0 Å². The van der Waals surface area contributed by atoms with Gasteiger partial charge < -0.3 is 15.5 Å². The summed E-state index contributed by atoms with van der Waals surface area (Å²) in [6.45, 7) is 3.70. The van der Waals surface area contributed by atoms with Gasteiger partial charge in [0.05, 0.1) is 0 Å². The molecule has 0 aromatic heterocycles. The van der Waals surface area contributed by atoms with Crippen LogP contribution in [0.5, 0.6) is 0 Å². The van der Waals surface area contributed by atoms with Crippen LogP contribution in [0, 0.1) is 0 Å². The second-order valence-corrected chi connectivity index (χ2v) is 9.03. The van der Waals surface area contributed by atoms with Crippen LogP contribution in [0.3, 0.4) is 0 Å². The van der Waals surface area contributed by atoms with E-state index >= 15 is 0 Å². The Morgan fingerprint density at radius 1 is 0.567 bits per heavy atom. The summed E-state index contributed by atoms with van der Waals surface area (Å²) in [5.74, 6) is 0. The van der Waals surface area contributed by atoms with Gasteiger partial charge in [0, 0.05) is 19.3 Å². The fourth-order valence-electron chi connectivity index (χ4n) is 4.05. The van der Waals surface area contributed by atoms with Crippen LogP contribution >= 0.6 is 0 Å². The Hall–Kier alpha value is -0.380. The maximum atomic E-state index is 9.01. The summed E-state index contributed by atoms with van der Waals surface area (Å²) in [4.78, 5) is 0. The van der Waals surface area contributed by atoms with Gasteiger partial charge in [-0.3, -0.25) is 0 Å². The molecule has 0 saturated carbocycles. The molecule has 0 unspecified atom stereocenters. The Morgan fingerprint density at radius 3 is 1.40 bits per heavy atom. The minimum atomic E-state index is 0.202. The van der Waals surface area contributed by atoms with Crippen molar-refractivity contribution in [1.82, 2.24) is 5.32 Å². The molecule has 0 heterocycles. The molecule has 3 heteroatoms. The molecule has 0 aromatic carbocycles. The van der Waals surface area contributed by atoms with Crippen molar-refractivity contribution in [3.05, 3.63) is 12.2 Å². The Labute approximate surface area is 189 Å². The van der Waals surface area contributed by atoms with E-state index in [0.29, 0.717) is 0 Å². The molecule has 3 N–H and O–H groups in total. The highest BCUT2D eigenvalue weighted by Gasteiger charge is 2.05. The lowest BCUT2D eigenvalue weighted by Gasteiger charge is -2.16. The standard InChI is InChI=1S/C27H55NO2/c1-2-3-4-5-6-7-8-9-10-11-12-13-14-15-16-17-18-19-20-21-24-28-27(22-25-29)23-26-30/h9-10,27-30H,2-8,11-26H2,1H3. The Morgan fingerprint density at radius 2 is 0.967 bits per heavy atom. The van der Waals surface area contributed by atoms with Crippen molar-refractivity contribution in [1.29, 1.82) is 0 Å². The predicted octanol–water partition coefficient (Wildman–Crippen LogP) is 7.31. The molecule has 0 aromatic rings. The molecular weight excluding hydrogens is 370 g/mol. The molecule has 0 rings (SSSR count). The van der Waals surface area contributed by atoms with Crippen molar-refractivity contribution in [3.63, 3.8) is 0 Å². The van der Waals surface area contributed by atoms with Gasteiger partial charge in [-0.2, -0.15) is 0 Å². The topological polar surface area (TPSA) is 52.5 Å². The summed E-state index contributed by atoms with van der Waals surface area (Å²) < 4.78 is 0. The van der Waals surface area contributed by atoms with Crippen LogP contribution in [0.25, 0.3) is 0 Å². The van der Waals surface area contributed by atoms with Gasteiger partial charge >= 0.3 is 0 Å². The van der Waals surface area contributed by atoms with Gasteiger partial charge in [-0.15, -0.1) is 0 Å². The van der Waals surface area contributed by atoms with E-state index in [1.807, 2.05) is 0 Å². The fraction of sp³-hybridized carbons (Fsp3) is 0.926. The van der Waals surface area contributed by atoms with Crippen molar-refractivity contribution in [3.8, 4) is 0 Å². The number of allylic oxidation sites excluding steroid dienone is 2. The van der Waals surface area contributed by atoms with E-state index in [2.05, 4.69) is 24.4 Å². The summed E-state index contributed by atoms with van der Waals surface area (Å²) in [5, 5.41) is 21.5. The maximum Gasteiger partial charge on any atom is 0.0445 e. The molecule has 0 fully saturated rings. The highest BCUT2D eigenvalue weighted by atomic mass is 16.3. The van der Waals surface area contributed by atoms with Gasteiger partial charge in [-0.25, -0.2) is 0 Å². The summed E-state index contributed by atoms with van der Waals surface area (Å²) in [6.07, 6.45) is 30.9. The molecule has 0 aliphatic heterocycles. The Bertz CT molecular complexity index is 327. The molecule has 0 amide bonds. The second kappa shape index (κ2) is 26.7. The van der Waals surface area contributed by atoms with Crippen molar-refractivity contribution in [2.45, 2.75) is 141 Å². The number of hydrogen-bond donors (Lipinski definition) is 3. The number of aliphatic hydroxyl groups excluding tert-OH is 2. The van der Waals surface area contributed by atoms with Crippen LogP contribution in [0.15, 0.2) is 12.2 Å². The van der Waals surface area contributed by atoms with Crippen LogP contribution in [-0.2, 0) is 0 Å². The molecule has 0 aliphatic carbocycles. The molecule has 180 valence electrons. The lowest BCUT2D eigenvalue weighted by molar-refractivity contribution is 0.227. The summed E-state index contributed by atoms with van der Waals surface area (Å²) in [6, 6.07) is 0.274. The number of unbranched alkanes of at least 4 members (excludes halogenated alkanes) is 16. The predicted molar refractivity (Wildman–Crippen MR) is 133 cm³/mol. The van der Waals surface area contributed by atoms with E-state index in [9.17, 15) is 0 Å². The van der Waals surface area contributed by atoms with E-state index in [1.165, 1.54) is 116 Å². The van der Waals surface area contributed by atoms with Crippen molar-refractivity contribution in [2.75, 3.05) is 19.8 Å². The minimum absolute atomic E-state index is 0.202. The van der Waals surface area contributed by atoms with Gasteiger partial charge in [0.25, 0.3) is 0 Å². The zero-order chi connectivity index (χ0) is 22.0. The molecule has 0 aliphatic rings. The highest BCUT2D eigenvalue weighted by Crippen LogP contribution is 2.12. The van der Waals surface area contributed by atoms with Crippen molar-refractivity contribution < 1.29 is 10.2 Å². The van der Waals surface area contributed by atoms with Crippen molar-refractivity contribution in [2.24, 2.45) is 0 Å². The summed E-state index contributed by atoms with van der Waals surface area (Å²) in [5.41, 5.74) is 0. The van der Waals surface area contributed by atoms with Gasteiger partial charge in [0.2, 0.25) is 0 Å². The highest BCUT2D eigenvalue weighted by molar-refractivity contribution is 4.81. The first-order valence-electron chi connectivity index (χ1n) is 13.4.